The van der Waals surface area contributed by atoms with Gasteiger partial charge in [-0.25, -0.2) is 8.78 Å². The van der Waals surface area contributed by atoms with Gasteiger partial charge in [0.1, 0.15) is 0 Å². The first-order valence-corrected chi connectivity index (χ1v) is 5.04. The molecule has 0 bridgehead atoms. The Kier molecular flexibility index (Phi) is 2.77. The van der Waals surface area contributed by atoms with E-state index >= 15 is 0 Å². The molecular formula is C11H13F2N3. The minimum atomic E-state index is -2.37. The second-order valence-corrected chi connectivity index (χ2v) is 3.72. The zero-order valence-electron chi connectivity index (χ0n) is 9.17. The largest absolute Gasteiger partial charge is 0.362 e. The Morgan fingerprint density at radius 2 is 2.19 bits per heavy atom. The minimum absolute atomic E-state index is 0.375. The Morgan fingerprint density at radius 1 is 1.44 bits per heavy atom. The molecule has 1 aromatic heterocycles. The van der Waals surface area contributed by atoms with Crippen molar-refractivity contribution in [2.75, 3.05) is 11.9 Å². The van der Waals surface area contributed by atoms with Crippen LogP contribution in [0.4, 0.5) is 14.6 Å². The molecule has 1 N–H and O–H groups in total. The summed E-state index contributed by atoms with van der Waals surface area (Å²) < 4.78 is 25.9. The van der Waals surface area contributed by atoms with E-state index in [1.165, 1.54) is 0 Å². The van der Waals surface area contributed by atoms with Crippen LogP contribution in [-0.4, -0.2) is 22.8 Å². The summed E-state index contributed by atoms with van der Waals surface area (Å²) in [7, 11) is 1.81. The van der Waals surface area contributed by atoms with E-state index in [0.717, 1.165) is 16.5 Å². The summed E-state index contributed by atoms with van der Waals surface area (Å²) in [6.45, 7) is 1.60. The number of hydrogen-bond acceptors (Lipinski definition) is 2. The third kappa shape index (κ3) is 1.85. The third-order valence-corrected chi connectivity index (χ3v) is 2.49. The van der Waals surface area contributed by atoms with E-state index < -0.39 is 6.43 Å². The average molecular weight is 225 g/mol. The molecule has 0 aliphatic rings. The fourth-order valence-corrected chi connectivity index (χ4v) is 1.84. The van der Waals surface area contributed by atoms with Gasteiger partial charge >= 0.3 is 0 Å². The topological polar surface area (TPSA) is 29.9 Å². The maximum atomic E-state index is 12.1. The SMILES string of the molecule is Cc1cccc2c(NCC(F)F)nn(C)c12. The monoisotopic (exact) mass is 225 g/mol. The smallest absolute Gasteiger partial charge is 0.255 e. The van der Waals surface area contributed by atoms with Crippen LogP contribution in [0.5, 0.6) is 0 Å². The van der Waals surface area contributed by atoms with Crippen molar-refractivity contribution in [1.82, 2.24) is 9.78 Å². The number of nitrogens with zero attached hydrogens (tertiary/aromatic N) is 2. The number of hydrogen-bond donors (Lipinski definition) is 1. The molecule has 0 saturated heterocycles. The fourth-order valence-electron chi connectivity index (χ4n) is 1.84. The van der Waals surface area contributed by atoms with E-state index in [1.54, 1.807) is 4.68 Å². The number of anilines is 1. The lowest BCUT2D eigenvalue weighted by Gasteiger charge is -2.01. The van der Waals surface area contributed by atoms with Crippen LogP contribution < -0.4 is 5.32 Å². The molecule has 2 rings (SSSR count). The minimum Gasteiger partial charge on any atom is -0.362 e. The van der Waals surface area contributed by atoms with Crippen LogP contribution in [0, 0.1) is 6.92 Å². The Morgan fingerprint density at radius 3 is 2.88 bits per heavy atom. The predicted molar refractivity (Wildman–Crippen MR) is 59.9 cm³/mol. The molecule has 1 aromatic carbocycles. The summed E-state index contributed by atoms with van der Waals surface area (Å²) in [6, 6.07) is 5.75. The number of halogens is 2. The molecule has 0 aliphatic heterocycles. The molecule has 0 atom stereocenters. The number of aryl methyl sites for hydroxylation is 2. The van der Waals surface area contributed by atoms with Crippen LogP contribution in [0.2, 0.25) is 0 Å². The van der Waals surface area contributed by atoms with Crippen molar-refractivity contribution in [2.45, 2.75) is 13.3 Å². The number of alkyl halides is 2. The van der Waals surface area contributed by atoms with Crippen molar-refractivity contribution in [3.8, 4) is 0 Å². The van der Waals surface area contributed by atoms with E-state index in [1.807, 2.05) is 32.2 Å². The predicted octanol–water partition coefficient (Wildman–Crippen LogP) is 2.56. The van der Waals surface area contributed by atoms with Crippen LogP contribution in [0.1, 0.15) is 5.56 Å². The van der Waals surface area contributed by atoms with E-state index in [2.05, 4.69) is 10.4 Å². The van der Waals surface area contributed by atoms with E-state index in [9.17, 15) is 8.78 Å². The summed E-state index contributed by atoms with van der Waals surface area (Å²) in [5.41, 5.74) is 2.05. The summed E-state index contributed by atoms with van der Waals surface area (Å²) in [5, 5.41) is 7.73. The van der Waals surface area contributed by atoms with Crippen molar-refractivity contribution >= 4 is 16.7 Å². The maximum absolute atomic E-state index is 12.1. The van der Waals surface area contributed by atoms with Crippen LogP contribution in [0.15, 0.2) is 18.2 Å². The molecule has 16 heavy (non-hydrogen) atoms. The van der Waals surface area contributed by atoms with Crippen LogP contribution in [0.3, 0.4) is 0 Å². The lowest BCUT2D eigenvalue weighted by atomic mass is 10.1. The second kappa shape index (κ2) is 4.08. The summed E-state index contributed by atoms with van der Waals surface area (Å²) in [6.07, 6.45) is -2.37. The zero-order chi connectivity index (χ0) is 11.7. The van der Waals surface area contributed by atoms with E-state index in [0.29, 0.717) is 5.82 Å². The fraction of sp³-hybridized carbons (Fsp3) is 0.364. The van der Waals surface area contributed by atoms with Gasteiger partial charge < -0.3 is 5.32 Å². The van der Waals surface area contributed by atoms with E-state index in [4.69, 9.17) is 0 Å². The normalized spacial score (nSPS) is 11.3. The molecule has 0 aliphatic carbocycles. The van der Waals surface area contributed by atoms with Gasteiger partial charge in [0.15, 0.2) is 5.82 Å². The van der Waals surface area contributed by atoms with Crippen molar-refractivity contribution in [3.05, 3.63) is 23.8 Å². The number of rotatable bonds is 3. The van der Waals surface area contributed by atoms with Crippen LogP contribution in [-0.2, 0) is 7.05 Å². The Balaban J connectivity index is 2.43. The molecule has 0 amide bonds. The van der Waals surface area contributed by atoms with Gasteiger partial charge in [-0.15, -0.1) is 0 Å². The summed E-state index contributed by atoms with van der Waals surface area (Å²) in [4.78, 5) is 0. The molecule has 1 heterocycles. The van der Waals surface area contributed by atoms with Gasteiger partial charge in [0.05, 0.1) is 12.1 Å². The molecule has 0 unspecified atom stereocenters. The van der Waals surface area contributed by atoms with Crippen molar-refractivity contribution in [3.63, 3.8) is 0 Å². The number of aromatic nitrogens is 2. The van der Waals surface area contributed by atoms with Gasteiger partial charge in [-0.3, -0.25) is 4.68 Å². The number of benzene rings is 1. The first-order valence-electron chi connectivity index (χ1n) is 5.04. The first kappa shape index (κ1) is 10.9. The lowest BCUT2D eigenvalue weighted by molar-refractivity contribution is 0.163. The molecule has 86 valence electrons. The Labute approximate surface area is 92.1 Å². The number of fused-ring (bicyclic) bond motifs is 1. The average Bonchev–Trinajstić information content (AvgIpc) is 2.54. The molecular weight excluding hydrogens is 212 g/mol. The molecule has 5 heteroatoms. The quantitative estimate of drug-likeness (QED) is 0.870. The maximum Gasteiger partial charge on any atom is 0.255 e. The molecule has 0 spiro atoms. The Bertz CT molecular complexity index is 505. The van der Waals surface area contributed by atoms with Gasteiger partial charge in [0, 0.05) is 12.4 Å². The van der Waals surface area contributed by atoms with Crippen LogP contribution in [0.25, 0.3) is 10.9 Å². The zero-order valence-corrected chi connectivity index (χ0v) is 9.17. The standard InChI is InChI=1S/C11H13F2N3/c1-7-4-3-5-8-10(7)16(2)15-11(8)14-6-9(12)13/h3-5,9H,6H2,1-2H3,(H,14,15). The first-order chi connectivity index (χ1) is 7.59. The molecule has 0 fully saturated rings. The van der Waals surface area contributed by atoms with Gasteiger partial charge in [0.2, 0.25) is 0 Å². The van der Waals surface area contributed by atoms with Crippen LogP contribution >= 0.6 is 0 Å². The van der Waals surface area contributed by atoms with Gasteiger partial charge in [-0.05, 0) is 18.6 Å². The van der Waals surface area contributed by atoms with E-state index in [-0.39, 0.29) is 6.54 Å². The third-order valence-electron chi connectivity index (χ3n) is 2.49. The molecule has 2 aromatic rings. The van der Waals surface area contributed by atoms with Gasteiger partial charge in [-0.1, -0.05) is 12.1 Å². The Hall–Kier alpha value is -1.65. The molecule has 0 radical (unpaired) electrons. The lowest BCUT2D eigenvalue weighted by Crippen LogP contribution is -2.10. The summed E-state index contributed by atoms with van der Waals surface area (Å²) in [5.74, 6) is 0.515. The summed E-state index contributed by atoms with van der Waals surface area (Å²) >= 11 is 0. The highest BCUT2D eigenvalue weighted by molar-refractivity contribution is 5.92. The molecule has 3 nitrogen and oxygen atoms in total. The van der Waals surface area contributed by atoms with Crippen molar-refractivity contribution in [1.29, 1.82) is 0 Å². The van der Waals surface area contributed by atoms with Crippen molar-refractivity contribution < 1.29 is 8.78 Å². The number of nitrogens with one attached hydrogen (secondary N) is 1. The molecule has 0 saturated carbocycles. The van der Waals surface area contributed by atoms with Crippen molar-refractivity contribution in [2.24, 2.45) is 7.05 Å². The number of para-hydroxylation sites is 1. The highest BCUT2D eigenvalue weighted by Gasteiger charge is 2.11. The second-order valence-electron chi connectivity index (χ2n) is 3.72. The van der Waals surface area contributed by atoms with Gasteiger partial charge in [-0.2, -0.15) is 5.10 Å². The highest BCUT2D eigenvalue weighted by Crippen LogP contribution is 2.24. The highest BCUT2D eigenvalue weighted by atomic mass is 19.3. The van der Waals surface area contributed by atoms with Gasteiger partial charge in [0.25, 0.3) is 6.43 Å².